The number of nitrogens with one attached hydrogen (secondary N) is 1. The summed E-state index contributed by atoms with van der Waals surface area (Å²) in [5.74, 6) is 3.17. The quantitative estimate of drug-likeness (QED) is 0.376. The Morgan fingerprint density at radius 3 is 2.76 bits per heavy atom. The van der Waals surface area contributed by atoms with Crippen molar-refractivity contribution in [3.63, 3.8) is 0 Å². The van der Waals surface area contributed by atoms with Gasteiger partial charge in [0.05, 0.1) is 13.7 Å². The molecule has 0 saturated heterocycles. The number of ether oxygens (including phenoxy) is 2. The summed E-state index contributed by atoms with van der Waals surface area (Å²) in [5.41, 5.74) is 2.58. The zero-order valence-electron chi connectivity index (χ0n) is 20.2. The molecule has 2 aliphatic rings. The third kappa shape index (κ3) is 4.90. The average molecular weight is 471 g/mol. The number of ketones is 1. The number of unbranched alkanes of at least 4 members (excludes halogenated alkanes) is 2. The zero-order chi connectivity index (χ0) is 23.6. The van der Waals surface area contributed by atoms with E-state index in [1.54, 1.807) is 18.9 Å². The number of carbonyl (C=O) groups is 1. The van der Waals surface area contributed by atoms with Gasteiger partial charge in [-0.1, -0.05) is 51.4 Å². The maximum atomic E-state index is 13.4. The molecule has 0 radical (unpaired) electrons. The minimum Gasteiger partial charge on any atom is -0.493 e. The third-order valence-electron chi connectivity index (χ3n) is 6.09. The first kappa shape index (κ1) is 23.7. The summed E-state index contributed by atoms with van der Waals surface area (Å²) in [6, 6.07) is 5.52. The number of anilines is 1. The highest BCUT2D eigenvalue weighted by molar-refractivity contribution is 7.99. The van der Waals surface area contributed by atoms with Crippen LogP contribution in [0.4, 0.5) is 5.95 Å². The molecular formula is C25H34N4O3S. The Morgan fingerprint density at radius 2 is 2.03 bits per heavy atom. The summed E-state index contributed by atoms with van der Waals surface area (Å²) < 4.78 is 13.2. The van der Waals surface area contributed by atoms with Gasteiger partial charge in [0, 0.05) is 23.4 Å². The number of methoxy groups -OCH3 is 1. The minimum atomic E-state index is -0.345. The number of allylic oxidation sites excluding steroid dienone is 2. The van der Waals surface area contributed by atoms with Crippen LogP contribution in [0.5, 0.6) is 11.5 Å². The van der Waals surface area contributed by atoms with Crippen LogP contribution in [-0.4, -0.2) is 40.0 Å². The second-order valence-corrected chi connectivity index (χ2v) is 10.5. The van der Waals surface area contributed by atoms with Crippen molar-refractivity contribution < 1.29 is 14.3 Å². The number of nitrogens with zero attached hydrogens (tertiary/aromatic N) is 3. The van der Waals surface area contributed by atoms with Crippen molar-refractivity contribution in [1.29, 1.82) is 0 Å². The Labute approximate surface area is 200 Å². The van der Waals surface area contributed by atoms with E-state index in [-0.39, 0.29) is 17.2 Å². The van der Waals surface area contributed by atoms with Crippen LogP contribution in [0.15, 0.2) is 34.6 Å². The molecule has 2 aromatic rings. The maximum absolute atomic E-state index is 13.4. The van der Waals surface area contributed by atoms with Crippen LogP contribution in [0.1, 0.15) is 71.4 Å². The number of hydrogen-bond acceptors (Lipinski definition) is 7. The fraction of sp³-hybridized carbons (Fsp3) is 0.560. The molecule has 1 aliphatic heterocycles. The molecule has 1 N–H and O–H groups in total. The van der Waals surface area contributed by atoms with Gasteiger partial charge in [-0.2, -0.15) is 4.98 Å². The summed E-state index contributed by atoms with van der Waals surface area (Å²) in [7, 11) is 1.63. The molecule has 1 aromatic heterocycles. The zero-order valence-corrected chi connectivity index (χ0v) is 21.1. The molecule has 7 nitrogen and oxygen atoms in total. The van der Waals surface area contributed by atoms with Gasteiger partial charge in [0.25, 0.3) is 0 Å². The molecule has 0 bridgehead atoms. The Bertz CT molecular complexity index is 1060. The number of hydrogen-bond donors (Lipinski definition) is 1. The van der Waals surface area contributed by atoms with Gasteiger partial charge >= 0.3 is 0 Å². The van der Waals surface area contributed by atoms with Crippen molar-refractivity contribution in [3.05, 3.63) is 35.0 Å². The molecule has 1 aliphatic carbocycles. The summed E-state index contributed by atoms with van der Waals surface area (Å²) in [6.45, 7) is 8.98. The van der Waals surface area contributed by atoms with Crippen molar-refractivity contribution in [1.82, 2.24) is 14.8 Å². The first-order valence-corrected chi connectivity index (χ1v) is 12.8. The highest BCUT2D eigenvalue weighted by Gasteiger charge is 2.42. The molecule has 178 valence electrons. The predicted molar refractivity (Wildman–Crippen MR) is 131 cm³/mol. The van der Waals surface area contributed by atoms with Crippen molar-refractivity contribution in [3.8, 4) is 11.5 Å². The smallest absolute Gasteiger partial charge is 0.227 e. The molecule has 0 fully saturated rings. The Kier molecular flexibility index (Phi) is 7.02. The molecule has 0 spiro atoms. The van der Waals surface area contributed by atoms with Gasteiger partial charge in [0.15, 0.2) is 17.3 Å². The molecule has 1 atom stereocenters. The van der Waals surface area contributed by atoms with E-state index in [1.165, 1.54) is 12.8 Å². The van der Waals surface area contributed by atoms with Crippen molar-refractivity contribution in [2.24, 2.45) is 5.41 Å². The summed E-state index contributed by atoms with van der Waals surface area (Å²) >= 11 is 1.67. The molecule has 1 aromatic carbocycles. The van der Waals surface area contributed by atoms with Gasteiger partial charge < -0.3 is 14.8 Å². The maximum Gasteiger partial charge on any atom is 0.227 e. The average Bonchev–Trinajstić information content (AvgIpc) is 3.17. The van der Waals surface area contributed by atoms with Gasteiger partial charge in [-0.05, 0) is 42.9 Å². The summed E-state index contributed by atoms with van der Waals surface area (Å²) in [6.07, 6.45) is 4.84. The number of fused-ring (bicyclic) bond motifs is 1. The number of Topliss-reactive ketones (excluding diaryl/α,β-unsaturated/α-hetero) is 1. The Hall–Kier alpha value is -2.48. The summed E-state index contributed by atoms with van der Waals surface area (Å²) in [5, 5.41) is 9.01. The molecule has 33 heavy (non-hydrogen) atoms. The lowest BCUT2D eigenvalue weighted by atomic mass is 9.73. The topological polar surface area (TPSA) is 78.3 Å². The predicted octanol–water partition coefficient (Wildman–Crippen LogP) is 5.63. The van der Waals surface area contributed by atoms with E-state index in [0.29, 0.717) is 30.5 Å². The molecule has 1 unspecified atom stereocenters. The van der Waals surface area contributed by atoms with Crippen LogP contribution in [-0.2, 0) is 4.79 Å². The van der Waals surface area contributed by atoms with Gasteiger partial charge in [-0.15, -0.1) is 5.10 Å². The fourth-order valence-corrected chi connectivity index (χ4v) is 5.43. The van der Waals surface area contributed by atoms with E-state index in [2.05, 4.69) is 26.1 Å². The summed E-state index contributed by atoms with van der Waals surface area (Å²) in [4.78, 5) is 18.2. The number of aromatic nitrogens is 3. The molecule has 0 amide bonds. The van der Waals surface area contributed by atoms with Crippen molar-refractivity contribution in [2.45, 2.75) is 71.0 Å². The van der Waals surface area contributed by atoms with E-state index >= 15 is 0 Å². The first-order valence-electron chi connectivity index (χ1n) is 11.8. The largest absolute Gasteiger partial charge is 0.493 e. The standard InChI is InChI=1S/C25H34N4O3S/c1-6-8-9-12-33-24-27-23-26-17-14-25(3,4)15-18(30)21(17)22(29(23)28-24)16-10-11-19(32-7-2)20(13-16)31-5/h10-11,13,22H,6-9,12,14-15H2,1-5H3,(H,26,27,28). The Morgan fingerprint density at radius 1 is 1.21 bits per heavy atom. The van der Waals surface area contributed by atoms with Crippen molar-refractivity contribution >= 4 is 23.5 Å². The Balaban J connectivity index is 1.76. The van der Waals surface area contributed by atoms with Gasteiger partial charge in [0.2, 0.25) is 11.1 Å². The molecular weight excluding hydrogens is 436 g/mol. The lowest BCUT2D eigenvalue weighted by Crippen LogP contribution is -2.36. The van der Waals surface area contributed by atoms with Crippen LogP contribution in [0, 0.1) is 5.41 Å². The van der Waals surface area contributed by atoms with Gasteiger partial charge in [0.1, 0.15) is 6.04 Å². The second-order valence-electron chi connectivity index (χ2n) is 9.42. The van der Waals surface area contributed by atoms with Crippen LogP contribution < -0.4 is 14.8 Å². The third-order valence-corrected chi connectivity index (χ3v) is 7.02. The van der Waals surface area contributed by atoms with Crippen molar-refractivity contribution in [2.75, 3.05) is 24.8 Å². The second kappa shape index (κ2) is 9.79. The van der Waals surface area contributed by atoms with Crippen LogP contribution in [0.3, 0.4) is 0 Å². The van der Waals surface area contributed by atoms with E-state index < -0.39 is 0 Å². The molecule has 2 heterocycles. The monoisotopic (exact) mass is 470 g/mol. The fourth-order valence-electron chi connectivity index (χ4n) is 4.60. The van der Waals surface area contributed by atoms with Crippen LogP contribution >= 0.6 is 11.8 Å². The normalized spacial score (nSPS) is 19.1. The van der Waals surface area contributed by atoms with Gasteiger partial charge in [-0.25, -0.2) is 4.68 Å². The number of thioether (sulfide) groups is 1. The van der Waals surface area contributed by atoms with E-state index in [4.69, 9.17) is 19.6 Å². The van der Waals surface area contributed by atoms with Crippen LogP contribution in [0.25, 0.3) is 0 Å². The molecule has 8 heteroatoms. The van der Waals surface area contributed by atoms with Gasteiger partial charge in [-0.3, -0.25) is 4.79 Å². The highest BCUT2D eigenvalue weighted by Crippen LogP contribution is 2.46. The van der Waals surface area contributed by atoms with Crippen LogP contribution in [0.2, 0.25) is 0 Å². The molecule has 4 rings (SSSR count). The van der Waals surface area contributed by atoms with E-state index in [1.807, 2.05) is 29.8 Å². The first-order chi connectivity index (χ1) is 15.9. The SMILES string of the molecule is CCCCCSc1nc2n(n1)C(c1ccc(OCC)c(OC)c1)C1=C(CC(C)(C)CC1=O)N2. The molecule has 0 saturated carbocycles. The highest BCUT2D eigenvalue weighted by atomic mass is 32.2. The number of carbonyl (C=O) groups excluding carboxylic acids is 1. The lowest BCUT2D eigenvalue weighted by molar-refractivity contribution is -0.118. The number of rotatable bonds is 9. The lowest BCUT2D eigenvalue weighted by Gasteiger charge is -2.38. The minimum absolute atomic E-state index is 0.0933. The van der Waals surface area contributed by atoms with E-state index in [0.717, 1.165) is 40.6 Å². The van der Waals surface area contributed by atoms with E-state index in [9.17, 15) is 4.79 Å². The number of benzene rings is 1.